The van der Waals surface area contributed by atoms with E-state index in [4.69, 9.17) is 4.74 Å². The Balaban J connectivity index is 1.64. The van der Waals surface area contributed by atoms with Crippen LogP contribution < -0.4 is 14.6 Å². The Labute approximate surface area is 203 Å². The molecule has 5 rings (SSSR count). The molecule has 2 heterocycles. The summed E-state index contributed by atoms with van der Waals surface area (Å²) < 4.78 is 5.29. The van der Waals surface area contributed by atoms with Crippen LogP contribution in [0.3, 0.4) is 0 Å². The van der Waals surface area contributed by atoms with Crippen LogP contribution in [0.1, 0.15) is 5.56 Å². The molecule has 3 aromatic carbocycles. The quantitative estimate of drug-likeness (QED) is 0.292. The highest BCUT2D eigenvalue weighted by Gasteiger charge is 2.58. The first-order valence-electron chi connectivity index (χ1n) is 10.7. The number of anilines is 2. The summed E-state index contributed by atoms with van der Waals surface area (Å²) in [4.78, 5) is 49.7. The first-order valence-corrected chi connectivity index (χ1v) is 10.7. The Kier molecular flexibility index (Phi) is 5.40. The standard InChI is InChI=1S/C24H17N5O7/c1-36-19-12-11-17(29(34)35)13-18(19)26-23(30)20-21(14-7-9-16(10-8-14)28(32)33)25-27(22(20)24(26)31)15-5-3-2-4-6-15/h2-13,20,22H,1H3. The molecule has 2 amide bonds. The molecular formula is C24H17N5O7. The molecule has 36 heavy (non-hydrogen) atoms. The minimum Gasteiger partial charge on any atom is -0.495 e. The van der Waals surface area contributed by atoms with Crippen LogP contribution in [0.5, 0.6) is 5.75 Å². The molecule has 2 atom stereocenters. The van der Waals surface area contributed by atoms with Gasteiger partial charge in [0, 0.05) is 24.3 Å². The van der Waals surface area contributed by atoms with E-state index in [1.807, 2.05) is 0 Å². The van der Waals surface area contributed by atoms with Crippen molar-refractivity contribution in [2.24, 2.45) is 11.0 Å². The molecular weight excluding hydrogens is 470 g/mol. The molecule has 0 bridgehead atoms. The number of methoxy groups -OCH3 is 1. The number of non-ortho nitro benzene ring substituents is 2. The number of carbonyl (C=O) groups is 2. The summed E-state index contributed by atoms with van der Waals surface area (Å²) in [5.74, 6) is -2.21. The zero-order chi connectivity index (χ0) is 25.6. The van der Waals surface area contributed by atoms with Gasteiger partial charge >= 0.3 is 0 Å². The van der Waals surface area contributed by atoms with Gasteiger partial charge in [-0.2, -0.15) is 5.10 Å². The number of nitrogens with zero attached hydrogens (tertiary/aromatic N) is 5. The molecule has 0 aliphatic carbocycles. The number of hydrogen-bond donors (Lipinski definition) is 0. The lowest BCUT2D eigenvalue weighted by Crippen LogP contribution is -2.39. The van der Waals surface area contributed by atoms with Crippen LogP contribution in [0.2, 0.25) is 0 Å². The van der Waals surface area contributed by atoms with E-state index in [2.05, 4.69) is 5.10 Å². The number of fused-ring (bicyclic) bond motifs is 1. The van der Waals surface area contributed by atoms with Gasteiger partial charge < -0.3 is 4.74 Å². The maximum absolute atomic E-state index is 13.7. The second kappa shape index (κ2) is 8.58. The fraction of sp³-hybridized carbons (Fsp3) is 0.125. The van der Waals surface area contributed by atoms with Crippen LogP contribution >= 0.6 is 0 Å². The molecule has 3 aromatic rings. The molecule has 2 unspecified atom stereocenters. The molecule has 0 aromatic heterocycles. The third-order valence-corrected chi connectivity index (χ3v) is 6.06. The second-order valence-electron chi connectivity index (χ2n) is 8.02. The van der Waals surface area contributed by atoms with Gasteiger partial charge in [-0.05, 0) is 35.9 Å². The Bertz CT molecular complexity index is 1440. The minimum atomic E-state index is -1.06. The van der Waals surface area contributed by atoms with E-state index < -0.39 is 33.6 Å². The van der Waals surface area contributed by atoms with Gasteiger partial charge in [0.1, 0.15) is 23.4 Å². The number of rotatable bonds is 6. The lowest BCUT2D eigenvalue weighted by Gasteiger charge is -2.22. The molecule has 2 aliphatic rings. The summed E-state index contributed by atoms with van der Waals surface area (Å²) in [6, 6.07) is 16.9. The smallest absolute Gasteiger partial charge is 0.271 e. The van der Waals surface area contributed by atoms with Crippen molar-refractivity contribution < 1.29 is 24.2 Å². The fourth-order valence-electron chi connectivity index (χ4n) is 4.40. The first kappa shape index (κ1) is 22.7. The van der Waals surface area contributed by atoms with Crippen LogP contribution in [0.15, 0.2) is 77.9 Å². The topological polar surface area (TPSA) is 148 Å². The van der Waals surface area contributed by atoms with Crippen molar-refractivity contribution in [3.63, 3.8) is 0 Å². The third-order valence-electron chi connectivity index (χ3n) is 6.06. The number of ether oxygens (including phenoxy) is 1. The van der Waals surface area contributed by atoms with Gasteiger partial charge in [0.25, 0.3) is 17.3 Å². The van der Waals surface area contributed by atoms with Crippen molar-refractivity contribution in [3.05, 3.63) is 98.6 Å². The summed E-state index contributed by atoms with van der Waals surface area (Å²) in [5, 5.41) is 28.5. The lowest BCUT2D eigenvalue weighted by molar-refractivity contribution is -0.385. The minimum absolute atomic E-state index is 0.0489. The summed E-state index contributed by atoms with van der Waals surface area (Å²) >= 11 is 0. The number of hydrogen-bond acceptors (Lipinski definition) is 9. The Hall–Kier alpha value is -5.13. The SMILES string of the molecule is COc1ccc([N+](=O)[O-])cc1N1C(=O)C2C(c3ccc([N+](=O)[O-])cc3)=NN(c3ccccc3)C2C1=O. The van der Waals surface area contributed by atoms with E-state index in [1.54, 1.807) is 30.3 Å². The summed E-state index contributed by atoms with van der Waals surface area (Å²) in [6.45, 7) is 0. The number of imide groups is 1. The van der Waals surface area contributed by atoms with E-state index in [0.29, 0.717) is 11.3 Å². The third kappa shape index (κ3) is 3.52. The zero-order valence-electron chi connectivity index (χ0n) is 18.7. The molecule has 12 nitrogen and oxygen atoms in total. The van der Waals surface area contributed by atoms with Gasteiger partial charge in [-0.15, -0.1) is 0 Å². The van der Waals surface area contributed by atoms with Crippen LogP contribution in [0, 0.1) is 26.1 Å². The molecule has 12 heteroatoms. The maximum atomic E-state index is 13.7. The van der Waals surface area contributed by atoms with Gasteiger partial charge in [-0.1, -0.05) is 18.2 Å². The largest absolute Gasteiger partial charge is 0.495 e. The van der Waals surface area contributed by atoms with Crippen LogP contribution in [0.25, 0.3) is 0 Å². The molecule has 180 valence electrons. The van der Waals surface area contributed by atoms with Crippen molar-refractivity contribution in [3.8, 4) is 5.75 Å². The predicted molar refractivity (Wildman–Crippen MR) is 128 cm³/mol. The Morgan fingerprint density at radius 1 is 0.861 bits per heavy atom. The summed E-state index contributed by atoms with van der Waals surface area (Å²) in [6.07, 6.45) is 0. The average molecular weight is 487 g/mol. The normalized spacial score (nSPS) is 18.8. The van der Waals surface area contributed by atoms with Crippen molar-refractivity contribution in [1.29, 1.82) is 0 Å². The second-order valence-corrected chi connectivity index (χ2v) is 8.02. The number of hydrazone groups is 1. The fourth-order valence-corrected chi connectivity index (χ4v) is 4.40. The lowest BCUT2D eigenvalue weighted by atomic mass is 9.92. The highest BCUT2D eigenvalue weighted by atomic mass is 16.6. The van der Waals surface area contributed by atoms with E-state index in [9.17, 15) is 29.8 Å². The highest BCUT2D eigenvalue weighted by Crippen LogP contribution is 2.42. The van der Waals surface area contributed by atoms with Crippen LogP contribution in [0.4, 0.5) is 22.7 Å². The number of benzene rings is 3. The zero-order valence-corrected chi connectivity index (χ0v) is 18.7. The van der Waals surface area contributed by atoms with Gasteiger partial charge in [0.2, 0.25) is 5.91 Å². The van der Waals surface area contributed by atoms with Crippen molar-refractivity contribution in [1.82, 2.24) is 0 Å². The van der Waals surface area contributed by atoms with E-state index in [0.717, 1.165) is 11.0 Å². The van der Waals surface area contributed by atoms with Gasteiger partial charge in [0.15, 0.2) is 0 Å². The number of amides is 2. The van der Waals surface area contributed by atoms with Crippen molar-refractivity contribution in [2.45, 2.75) is 6.04 Å². The molecule has 0 N–H and O–H groups in total. The predicted octanol–water partition coefficient (Wildman–Crippen LogP) is 3.29. The highest BCUT2D eigenvalue weighted by molar-refractivity contribution is 6.34. The number of nitro benzene ring substituents is 2. The van der Waals surface area contributed by atoms with E-state index in [1.165, 1.54) is 48.5 Å². The average Bonchev–Trinajstić information content (AvgIpc) is 3.40. The molecule has 0 radical (unpaired) electrons. The molecule has 2 aliphatic heterocycles. The van der Waals surface area contributed by atoms with Crippen molar-refractivity contribution >= 4 is 40.3 Å². The van der Waals surface area contributed by atoms with E-state index >= 15 is 0 Å². The number of carbonyl (C=O) groups excluding carboxylic acids is 2. The first-order chi connectivity index (χ1) is 17.3. The van der Waals surface area contributed by atoms with E-state index in [-0.39, 0.29) is 28.5 Å². The number of para-hydroxylation sites is 1. The molecule has 0 spiro atoms. The maximum Gasteiger partial charge on any atom is 0.271 e. The van der Waals surface area contributed by atoms with Crippen LogP contribution in [-0.2, 0) is 9.59 Å². The summed E-state index contributed by atoms with van der Waals surface area (Å²) in [5.41, 5.74) is 0.746. The molecule has 1 saturated heterocycles. The van der Waals surface area contributed by atoms with Gasteiger partial charge in [-0.3, -0.25) is 34.8 Å². The Morgan fingerprint density at radius 3 is 2.11 bits per heavy atom. The van der Waals surface area contributed by atoms with Gasteiger partial charge in [0.05, 0.1) is 28.4 Å². The van der Waals surface area contributed by atoms with Gasteiger partial charge in [-0.25, -0.2) is 4.90 Å². The summed E-state index contributed by atoms with van der Waals surface area (Å²) in [7, 11) is 1.33. The molecule has 0 saturated carbocycles. The number of nitro groups is 2. The molecule has 1 fully saturated rings. The van der Waals surface area contributed by atoms with Crippen molar-refractivity contribution in [2.75, 3.05) is 17.0 Å². The Morgan fingerprint density at radius 2 is 1.50 bits per heavy atom. The van der Waals surface area contributed by atoms with Crippen LogP contribution in [-0.4, -0.2) is 40.5 Å². The monoisotopic (exact) mass is 487 g/mol.